The van der Waals surface area contributed by atoms with E-state index < -0.39 is 11.5 Å². The average molecular weight is 626 g/mol. The van der Waals surface area contributed by atoms with Gasteiger partial charge in [-0.25, -0.2) is 0 Å². The SMILES string of the molecule is CCCCCCCCOCn1c(NC(C)=O)nc2c(c1=O)n(COCCCCCCCC)c(=S)n2COCCOC(C)=O. The lowest BCUT2D eigenvalue weighted by Gasteiger charge is -2.14. The van der Waals surface area contributed by atoms with Gasteiger partial charge in [-0.2, -0.15) is 4.98 Å². The Morgan fingerprint density at radius 2 is 1.23 bits per heavy atom. The number of esters is 1. The van der Waals surface area contributed by atoms with Gasteiger partial charge in [-0.3, -0.25) is 33.4 Å². The number of amides is 1. The van der Waals surface area contributed by atoms with Crippen LogP contribution in [0.15, 0.2) is 4.79 Å². The standard InChI is InChI=1S/C30H51N5O7S/c1-5-7-9-11-13-15-17-39-21-33-26-27(34(30(33)43)22-41-19-20-42-25(4)37)32-29(31-24(3)36)35(28(26)38)23-40-18-16-14-12-10-8-6-2/h5-23H2,1-4H3,(H,31,32,36). The van der Waals surface area contributed by atoms with E-state index in [1.54, 1.807) is 9.13 Å². The summed E-state index contributed by atoms with van der Waals surface area (Å²) in [4.78, 5) is 41.6. The van der Waals surface area contributed by atoms with Gasteiger partial charge in [-0.1, -0.05) is 78.1 Å². The van der Waals surface area contributed by atoms with E-state index in [4.69, 9.17) is 31.2 Å². The highest BCUT2D eigenvalue weighted by molar-refractivity contribution is 7.71. The summed E-state index contributed by atoms with van der Waals surface area (Å²) in [5, 5.41) is 2.65. The van der Waals surface area contributed by atoms with Crippen molar-refractivity contribution in [3.8, 4) is 0 Å². The predicted octanol–water partition coefficient (Wildman–Crippen LogP) is 5.89. The Labute approximate surface area is 260 Å². The maximum absolute atomic E-state index is 13.9. The van der Waals surface area contributed by atoms with Crippen molar-refractivity contribution in [3.05, 3.63) is 15.1 Å². The van der Waals surface area contributed by atoms with Crippen LogP contribution < -0.4 is 10.9 Å². The van der Waals surface area contributed by atoms with E-state index in [1.807, 2.05) is 0 Å². The first-order valence-corrected chi connectivity index (χ1v) is 16.1. The molecule has 0 atom stereocenters. The molecule has 0 spiro atoms. The highest BCUT2D eigenvalue weighted by Gasteiger charge is 2.21. The van der Waals surface area contributed by atoms with Crippen LogP contribution in [-0.2, 0) is 48.7 Å². The second kappa shape index (κ2) is 21.2. The number of unbranched alkanes of at least 4 members (excludes halogenated alkanes) is 10. The number of hydrogen-bond donors (Lipinski definition) is 1. The Morgan fingerprint density at radius 1 is 0.721 bits per heavy atom. The molecule has 0 saturated heterocycles. The van der Waals surface area contributed by atoms with Crippen molar-refractivity contribution in [2.24, 2.45) is 0 Å². The summed E-state index contributed by atoms with van der Waals surface area (Å²) >= 11 is 5.73. The predicted molar refractivity (Wildman–Crippen MR) is 168 cm³/mol. The molecule has 43 heavy (non-hydrogen) atoms. The molecule has 1 amide bonds. The first kappa shape index (κ1) is 36.6. The van der Waals surface area contributed by atoms with Crippen LogP contribution in [0.25, 0.3) is 11.2 Å². The lowest BCUT2D eigenvalue weighted by molar-refractivity contribution is -0.142. The van der Waals surface area contributed by atoms with Crippen LogP contribution in [0.5, 0.6) is 0 Å². The summed E-state index contributed by atoms with van der Waals surface area (Å²) in [5.41, 5.74) is 0.0694. The number of rotatable bonds is 24. The third-order valence-corrected chi connectivity index (χ3v) is 7.32. The number of fused-ring (bicyclic) bond motifs is 1. The van der Waals surface area contributed by atoms with Crippen molar-refractivity contribution in [2.45, 2.75) is 125 Å². The average Bonchev–Trinajstić information content (AvgIpc) is 3.22. The zero-order chi connectivity index (χ0) is 31.5. The van der Waals surface area contributed by atoms with E-state index in [1.165, 1.54) is 63.4 Å². The van der Waals surface area contributed by atoms with E-state index in [-0.39, 0.29) is 61.2 Å². The van der Waals surface area contributed by atoms with E-state index in [9.17, 15) is 14.4 Å². The Bertz CT molecular complexity index is 1240. The van der Waals surface area contributed by atoms with Crippen molar-refractivity contribution in [3.63, 3.8) is 0 Å². The molecular weight excluding hydrogens is 574 g/mol. The van der Waals surface area contributed by atoms with Gasteiger partial charge in [0.05, 0.1) is 6.61 Å². The Balaban J connectivity index is 2.28. The van der Waals surface area contributed by atoms with Crippen LogP contribution in [0.1, 0.15) is 105 Å². The Hall–Kier alpha value is -2.61. The highest BCUT2D eigenvalue weighted by Crippen LogP contribution is 2.17. The molecule has 2 aromatic rings. The van der Waals surface area contributed by atoms with Crippen LogP contribution in [0.4, 0.5) is 5.95 Å². The van der Waals surface area contributed by atoms with Gasteiger partial charge < -0.3 is 18.9 Å². The lowest BCUT2D eigenvalue weighted by Crippen LogP contribution is -2.29. The van der Waals surface area contributed by atoms with Crippen LogP contribution in [-0.4, -0.2) is 57.0 Å². The van der Waals surface area contributed by atoms with Crippen LogP contribution in [0.2, 0.25) is 0 Å². The zero-order valence-electron chi connectivity index (χ0n) is 26.5. The Morgan fingerprint density at radius 3 is 1.79 bits per heavy atom. The number of hydrogen-bond acceptors (Lipinski definition) is 9. The van der Waals surface area contributed by atoms with E-state index in [0.717, 1.165) is 32.1 Å². The molecule has 2 rings (SSSR count). The summed E-state index contributed by atoms with van der Waals surface area (Å²) < 4.78 is 27.2. The largest absolute Gasteiger partial charge is 0.463 e. The summed E-state index contributed by atoms with van der Waals surface area (Å²) in [6.07, 6.45) is 13.5. The Kier molecular flexibility index (Phi) is 18.0. The molecule has 0 unspecified atom stereocenters. The molecule has 12 nitrogen and oxygen atoms in total. The number of anilines is 1. The fourth-order valence-electron chi connectivity index (χ4n) is 4.58. The molecule has 2 aromatic heterocycles. The molecule has 0 aliphatic rings. The molecule has 2 heterocycles. The van der Waals surface area contributed by atoms with Gasteiger partial charge in [-0.15, -0.1) is 0 Å². The normalized spacial score (nSPS) is 11.3. The third kappa shape index (κ3) is 12.9. The van der Waals surface area contributed by atoms with Crippen molar-refractivity contribution in [1.29, 1.82) is 0 Å². The van der Waals surface area contributed by atoms with Gasteiger partial charge >= 0.3 is 5.97 Å². The number of ether oxygens (including phenoxy) is 4. The van der Waals surface area contributed by atoms with E-state index >= 15 is 0 Å². The first-order valence-electron chi connectivity index (χ1n) is 15.7. The van der Waals surface area contributed by atoms with Crippen LogP contribution in [0, 0.1) is 4.77 Å². The summed E-state index contributed by atoms with van der Waals surface area (Å²) in [5.74, 6) is -0.720. The van der Waals surface area contributed by atoms with Gasteiger partial charge in [0.15, 0.2) is 15.9 Å². The highest BCUT2D eigenvalue weighted by atomic mass is 32.1. The molecular formula is C30H51N5O7S. The van der Waals surface area contributed by atoms with Crippen molar-refractivity contribution in [1.82, 2.24) is 18.7 Å². The number of carbonyl (C=O) groups excluding carboxylic acids is 2. The third-order valence-electron chi connectivity index (χ3n) is 6.88. The van der Waals surface area contributed by atoms with Gasteiger partial charge in [0.25, 0.3) is 5.56 Å². The molecule has 0 fully saturated rings. The second-order valence-electron chi connectivity index (χ2n) is 10.6. The van der Waals surface area contributed by atoms with Crippen molar-refractivity contribution in [2.75, 3.05) is 31.7 Å². The molecule has 1 N–H and O–H groups in total. The number of aromatic nitrogens is 4. The van der Waals surface area contributed by atoms with Gasteiger partial charge in [-0.05, 0) is 25.1 Å². The minimum absolute atomic E-state index is 0.0362. The number of nitrogens with zero attached hydrogens (tertiary/aromatic N) is 4. The van der Waals surface area contributed by atoms with Crippen molar-refractivity contribution >= 4 is 41.2 Å². The molecule has 0 aliphatic carbocycles. The van der Waals surface area contributed by atoms with Gasteiger partial charge in [0.1, 0.15) is 26.8 Å². The van der Waals surface area contributed by atoms with Gasteiger partial charge in [0, 0.05) is 27.1 Å². The van der Waals surface area contributed by atoms with E-state index in [0.29, 0.717) is 13.2 Å². The quantitative estimate of drug-likeness (QED) is 0.0862. The molecule has 0 aromatic carbocycles. The fourth-order valence-corrected chi connectivity index (χ4v) is 4.86. The number of imidazole rings is 1. The zero-order valence-corrected chi connectivity index (χ0v) is 27.3. The van der Waals surface area contributed by atoms with Crippen LogP contribution >= 0.6 is 12.2 Å². The molecule has 0 radical (unpaired) electrons. The first-order chi connectivity index (χ1) is 20.8. The molecule has 0 aliphatic heterocycles. The maximum atomic E-state index is 13.9. The van der Waals surface area contributed by atoms with Gasteiger partial charge in [0.2, 0.25) is 11.9 Å². The number of carbonyl (C=O) groups is 2. The summed E-state index contributed by atoms with van der Waals surface area (Å²) in [7, 11) is 0. The summed E-state index contributed by atoms with van der Waals surface area (Å²) in [6, 6.07) is 0. The number of nitrogens with one attached hydrogen (secondary N) is 1. The second-order valence-corrected chi connectivity index (χ2v) is 11.0. The van der Waals surface area contributed by atoms with E-state index in [2.05, 4.69) is 24.1 Å². The van der Waals surface area contributed by atoms with Crippen LogP contribution in [0.3, 0.4) is 0 Å². The molecule has 0 bridgehead atoms. The maximum Gasteiger partial charge on any atom is 0.302 e. The minimum Gasteiger partial charge on any atom is -0.463 e. The van der Waals surface area contributed by atoms with Crippen molar-refractivity contribution < 1.29 is 28.5 Å². The fraction of sp³-hybridized carbons (Fsp3) is 0.767. The monoisotopic (exact) mass is 625 g/mol. The molecule has 13 heteroatoms. The summed E-state index contributed by atoms with van der Waals surface area (Å²) in [6.45, 7) is 8.25. The smallest absolute Gasteiger partial charge is 0.302 e. The molecule has 244 valence electrons. The minimum atomic E-state index is -0.412. The molecule has 0 saturated carbocycles. The lowest BCUT2D eigenvalue weighted by atomic mass is 10.1. The topological polar surface area (TPSA) is 128 Å².